The molecular formula is C70H89N15O16. The molecule has 4 atom stereocenters. The number of urea groups is 2. The maximum absolute atomic E-state index is 12.8. The topological polar surface area (TPSA) is 445 Å². The highest BCUT2D eigenvalue weighted by Gasteiger charge is 2.29. The first-order valence-electron chi connectivity index (χ1n) is 32.8. The molecule has 1 aliphatic heterocycles. The van der Waals surface area contributed by atoms with Crippen LogP contribution in [-0.4, -0.2) is 135 Å². The van der Waals surface area contributed by atoms with Crippen LogP contribution in [0.1, 0.15) is 131 Å². The van der Waals surface area contributed by atoms with Gasteiger partial charge in [0.2, 0.25) is 23.6 Å². The fraction of sp³-hybridized carbons (Fsp3) is 0.371. The Morgan fingerprint density at radius 2 is 0.851 bits per heavy atom. The van der Waals surface area contributed by atoms with Gasteiger partial charge in [-0.1, -0.05) is 111 Å². The number of para-hydroxylation sites is 3. The predicted octanol–water partition coefficient (Wildman–Crippen LogP) is 5.79. The molecule has 31 heteroatoms. The molecule has 5 aromatic carbocycles. The number of nitrogens with two attached hydrogens (primary N) is 1. The molecule has 0 saturated carbocycles. The number of amides is 8. The number of carbonyl (C=O) groups is 10. The Morgan fingerprint density at radius 3 is 1.29 bits per heavy atom. The average Bonchev–Trinajstić information content (AvgIpc) is 1.65. The smallest absolute Gasteiger partial charge is 0.375 e. The zero-order chi connectivity index (χ0) is 74.7. The van der Waals surface area contributed by atoms with Crippen LogP contribution in [-0.2, 0) is 51.2 Å². The van der Waals surface area contributed by atoms with E-state index in [2.05, 4.69) is 47.1 Å². The summed E-state index contributed by atoms with van der Waals surface area (Å²) in [5.41, 5.74) is 8.76. The lowest BCUT2D eigenvalue weighted by Crippen LogP contribution is -2.41. The number of phenolic OH excluding ortho intramolecular Hbond substituents is 2. The Labute approximate surface area is 581 Å². The maximum atomic E-state index is 12.8. The second-order valence-corrected chi connectivity index (χ2v) is 22.7. The van der Waals surface area contributed by atoms with Gasteiger partial charge in [0.25, 0.3) is 0 Å². The molecule has 0 unspecified atom stereocenters. The number of anilines is 1. The van der Waals surface area contributed by atoms with Crippen LogP contribution in [0.15, 0.2) is 163 Å². The van der Waals surface area contributed by atoms with Crippen molar-refractivity contribution in [1.82, 2.24) is 50.1 Å². The highest BCUT2D eigenvalue weighted by atomic mass is 16.3. The van der Waals surface area contributed by atoms with E-state index in [-0.39, 0.29) is 82.8 Å². The number of nitrogens with zero attached hydrogens (tertiary/aromatic N) is 7. The minimum absolute atomic E-state index is 0.00125. The lowest BCUT2D eigenvalue weighted by Gasteiger charge is -2.17. The Kier molecular flexibility index (Phi) is 34.1. The molecular weight excluding hydrogens is 1310 g/mol. The lowest BCUT2D eigenvalue weighted by atomic mass is 10.00. The van der Waals surface area contributed by atoms with Crippen molar-refractivity contribution in [3.8, 4) is 28.6 Å². The summed E-state index contributed by atoms with van der Waals surface area (Å²) in [6.45, 7) is 13.6. The second kappa shape index (κ2) is 42.1. The summed E-state index contributed by atoms with van der Waals surface area (Å²) in [5, 5.41) is 41.2. The summed E-state index contributed by atoms with van der Waals surface area (Å²) in [6, 6.07) is 33.4. The van der Waals surface area contributed by atoms with E-state index in [1.165, 1.54) is 39.8 Å². The standard InChI is InChI=1S/C21H22N4O5.C18H25N5O4.C13H17NO3.C10H20N2O2.C8H5N3O2/c1-3-18(27)16(22-13(2)26)11-14-9-10-19(28)17(12-14)25-21(30)24(20(29)23-25)15-7-5-4-6-8-15;1-3-16(25)15(20-13(2)24)11-7-8-12-19-23-18(27)22(17(26)21-23)14-9-5-4-6-10-14;1-3-13(17)12(14-9(2)15)8-10-4-6-11(16)7-5-10;1-3-10(14)9(12-8(2)13)6-4-5-7-11;12-7-9-10-8(13)11(7)6-4-2-1-3-5-6/h4-10,12,16,28H,3,11H2,1-2H3,(H,22,26)(H,23,29);4-6,9-10,15,19H,3,7-8,11-12H2,1-2H3,(H,20,24)(H,21,26);4-7,12,16H,3,8H2,1-2H3,(H,14,15);9H,3-7,11H2,1-2H3,(H,12,13);1-5H/t16-;15-;12-;9-;/m0000./s1. The highest BCUT2D eigenvalue weighted by Crippen LogP contribution is 2.23. The number of benzene rings is 5. The molecule has 0 bridgehead atoms. The van der Waals surface area contributed by atoms with E-state index in [4.69, 9.17) is 10.8 Å². The molecule has 8 rings (SSSR count). The summed E-state index contributed by atoms with van der Waals surface area (Å²) in [6.07, 6.45) is 6.46. The first kappa shape index (κ1) is 81.7. The molecule has 11 N–H and O–H groups in total. The SMILES string of the molecule is CCC(=O)[C@H](CCCCN)NC(C)=O.CCC(=O)[C@H](CCCCNn1[nH]c(=O)n(-c2ccccc2)c1=O)NC(C)=O.CCC(=O)[C@H](Cc1ccc(O)c(-n2[nH]c(=O)n(-c3ccccc3)c2=O)c1)NC(C)=O.CCC(=O)[C@H](Cc1ccc(O)cc1)NC(C)=O.O=C1N=NC(=O)N1c1ccccc1. The van der Waals surface area contributed by atoms with Gasteiger partial charge in [0.05, 0.1) is 41.2 Å². The minimum atomic E-state index is -0.727. The van der Waals surface area contributed by atoms with Gasteiger partial charge in [0, 0.05) is 59.9 Å². The number of nitrogens with one attached hydrogen (secondary N) is 7. The van der Waals surface area contributed by atoms with E-state index in [9.17, 15) is 72.2 Å². The molecule has 2 aromatic heterocycles. The monoisotopic (exact) mass is 1400 g/mol. The molecule has 3 heterocycles. The third-order valence-corrected chi connectivity index (χ3v) is 14.9. The molecule has 31 nitrogen and oxygen atoms in total. The van der Waals surface area contributed by atoms with Crippen molar-refractivity contribution in [3.63, 3.8) is 0 Å². The predicted molar refractivity (Wildman–Crippen MR) is 377 cm³/mol. The van der Waals surface area contributed by atoms with Crippen LogP contribution >= 0.6 is 0 Å². The van der Waals surface area contributed by atoms with Crippen LogP contribution in [0.3, 0.4) is 0 Å². The first-order chi connectivity index (χ1) is 48.2. The number of imide groups is 1. The quantitative estimate of drug-likeness (QED) is 0.0238. The van der Waals surface area contributed by atoms with Crippen molar-refractivity contribution in [2.24, 2.45) is 16.0 Å². The number of rotatable bonds is 30. The van der Waals surface area contributed by atoms with Gasteiger partial charge < -0.3 is 42.6 Å². The lowest BCUT2D eigenvalue weighted by molar-refractivity contribution is -0.126. The summed E-state index contributed by atoms with van der Waals surface area (Å²) >= 11 is 0. The second-order valence-electron chi connectivity index (χ2n) is 22.7. The highest BCUT2D eigenvalue weighted by molar-refractivity contribution is 6.17. The van der Waals surface area contributed by atoms with Crippen molar-refractivity contribution < 1.29 is 58.2 Å². The molecule has 540 valence electrons. The molecule has 7 aromatic rings. The van der Waals surface area contributed by atoms with Crippen molar-refractivity contribution >= 4 is 64.5 Å². The molecule has 0 aliphatic carbocycles. The Morgan fingerprint density at radius 1 is 0.465 bits per heavy atom. The number of H-pyrrole nitrogens is 2. The third-order valence-electron chi connectivity index (χ3n) is 14.9. The minimum Gasteiger partial charge on any atom is -0.508 e. The van der Waals surface area contributed by atoms with Gasteiger partial charge in [0.15, 0.2) is 23.1 Å². The zero-order valence-electron chi connectivity index (χ0n) is 57.7. The van der Waals surface area contributed by atoms with Gasteiger partial charge in [0.1, 0.15) is 17.2 Å². The van der Waals surface area contributed by atoms with E-state index in [1.807, 2.05) is 0 Å². The van der Waals surface area contributed by atoms with Gasteiger partial charge in [-0.25, -0.2) is 53.0 Å². The molecule has 1 aliphatic rings. The molecule has 0 radical (unpaired) electrons. The number of aromatic hydroxyl groups is 2. The summed E-state index contributed by atoms with van der Waals surface area (Å²) < 4.78 is 2.94. The van der Waals surface area contributed by atoms with E-state index in [1.54, 1.807) is 149 Å². The van der Waals surface area contributed by atoms with E-state index in [0.29, 0.717) is 87.1 Å². The third kappa shape index (κ3) is 26.5. The molecule has 0 saturated heterocycles. The van der Waals surface area contributed by atoms with Crippen LogP contribution in [0.5, 0.6) is 11.5 Å². The first-order valence-corrected chi connectivity index (χ1v) is 32.8. The van der Waals surface area contributed by atoms with Gasteiger partial charge in [-0.15, -0.1) is 4.79 Å². The number of Topliss-reactive ketones (excluding diaryl/α,β-unsaturated/α-hetero) is 4. The number of unbranched alkanes of at least 4 members (excludes halogenated alkanes) is 2. The number of hydrogen-bond acceptors (Lipinski definition) is 18. The number of carbonyl (C=O) groups excluding carboxylic acids is 10. The van der Waals surface area contributed by atoms with Crippen molar-refractivity contribution in [2.75, 3.05) is 23.4 Å². The number of azo groups is 1. The van der Waals surface area contributed by atoms with Gasteiger partial charge in [-0.3, -0.25) is 38.4 Å². The van der Waals surface area contributed by atoms with Gasteiger partial charge >= 0.3 is 34.8 Å². The fourth-order valence-corrected chi connectivity index (χ4v) is 9.92. The number of ketones is 4. The number of hydrogen-bond donors (Lipinski definition) is 10. The number of aromatic nitrogens is 6. The van der Waals surface area contributed by atoms with Crippen LogP contribution in [0.25, 0.3) is 17.1 Å². The Balaban J connectivity index is 0.000000279. The van der Waals surface area contributed by atoms with Crippen molar-refractivity contribution in [2.45, 2.75) is 157 Å². The number of aromatic amines is 2. The molecule has 0 fully saturated rings. The molecule has 0 spiro atoms. The average molecular weight is 1400 g/mol. The van der Waals surface area contributed by atoms with Gasteiger partial charge in [-0.2, -0.15) is 4.68 Å². The van der Waals surface area contributed by atoms with Crippen LogP contribution < -0.4 is 60.1 Å². The number of phenols is 2. The Bertz CT molecular complexity index is 4180. The van der Waals surface area contributed by atoms with E-state index >= 15 is 0 Å². The van der Waals surface area contributed by atoms with E-state index in [0.717, 1.165) is 41.9 Å². The van der Waals surface area contributed by atoms with E-state index < -0.39 is 52.9 Å². The van der Waals surface area contributed by atoms with Gasteiger partial charge in [-0.05, 0) is 130 Å². The molecule has 8 amide bonds. The van der Waals surface area contributed by atoms with Crippen molar-refractivity contribution in [1.29, 1.82) is 0 Å². The fourth-order valence-electron chi connectivity index (χ4n) is 9.92. The Hall–Kier alpha value is -11.8. The summed E-state index contributed by atoms with van der Waals surface area (Å²) in [5.74, 6) is -0.996. The largest absolute Gasteiger partial charge is 0.508 e. The summed E-state index contributed by atoms with van der Waals surface area (Å²) in [7, 11) is 0. The van der Waals surface area contributed by atoms with Crippen LogP contribution in [0.4, 0.5) is 15.3 Å². The maximum Gasteiger partial charge on any atom is 0.375 e. The van der Waals surface area contributed by atoms with Crippen molar-refractivity contribution in [3.05, 3.63) is 187 Å². The van der Waals surface area contributed by atoms with Crippen LogP contribution in [0.2, 0.25) is 0 Å². The van der Waals surface area contributed by atoms with Crippen LogP contribution in [0, 0.1) is 0 Å². The summed E-state index contributed by atoms with van der Waals surface area (Å²) in [4.78, 5) is 165. The molecule has 101 heavy (non-hydrogen) atoms. The normalized spacial score (nSPS) is 12.3. The zero-order valence-corrected chi connectivity index (χ0v) is 57.7.